The Morgan fingerprint density at radius 2 is 2.00 bits per heavy atom. The lowest BCUT2D eigenvalue weighted by Crippen LogP contribution is -2.52. The van der Waals surface area contributed by atoms with E-state index in [-0.39, 0.29) is 17.5 Å². The Kier molecular flexibility index (Phi) is 3.92. The van der Waals surface area contributed by atoms with Crippen molar-refractivity contribution >= 4 is 0 Å². The first-order valence-electron chi connectivity index (χ1n) is 6.76. The summed E-state index contributed by atoms with van der Waals surface area (Å²) in [6.45, 7) is 8.10. The molecule has 0 aliphatic carbocycles. The molecule has 19 heavy (non-hydrogen) atoms. The molecule has 106 valence electrons. The largest absolute Gasteiger partial charge is 0.327 e. The van der Waals surface area contributed by atoms with E-state index in [1.54, 1.807) is 6.07 Å². The topological polar surface area (TPSA) is 29.3 Å². The minimum atomic E-state index is -0.794. The summed E-state index contributed by atoms with van der Waals surface area (Å²) in [5.74, 6) is -1.57. The molecule has 0 aromatic heterocycles. The van der Waals surface area contributed by atoms with Crippen LogP contribution in [-0.2, 0) is 0 Å². The SMILES string of the molecule is CC(c1ccc(F)c(F)c1)N1CCC(N)C(C)(C)C1. The second kappa shape index (κ2) is 5.17. The summed E-state index contributed by atoms with van der Waals surface area (Å²) >= 11 is 0. The molecule has 0 bridgehead atoms. The third-order valence-corrected chi connectivity index (χ3v) is 4.32. The van der Waals surface area contributed by atoms with Gasteiger partial charge in [0.1, 0.15) is 0 Å². The molecule has 1 aromatic rings. The first kappa shape index (κ1) is 14.4. The smallest absolute Gasteiger partial charge is 0.159 e. The van der Waals surface area contributed by atoms with Gasteiger partial charge in [-0.2, -0.15) is 0 Å². The zero-order valence-corrected chi connectivity index (χ0v) is 11.8. The highest BCUT2D eigenvalue weighted by Crippen LogP contribution is 2.33. The van der Waals surface area contributed by atoms with Gasteiger partial charge in [0.2, 0.25) is 0 Å². The molecule has 1 saturated heterocycles. The fourth-order valence-corrected chi connectivity index (χ4v) is 2.73. The van der Waals surface area contributed by atoms with Crippen molar-refractivity contribution in [1.29, 1.82) is 0 Å². The first-order valence-corrected chi connectivity index (χ1v) is 6.76. The molecule has 1 fully saturated rings. The maximum absolute atomic E-state index is 13.3. The van der Waals surface area contributed by atoms with Crippen molar-refractivity contribution in [2.24, 2.45) is 11.1 Å². The highest BCUT2D eigenvalue weighted by Gasteiger charge is 2.35. The third kappa shape index (κ3) is 2.95. The average Bonchev–Trinajstić information content (AvgIpc) is 2.35. The summed E-state index contributed by atoms with van der Waals surface area (Å²) in [6.07, 6.45) is 0.932. The Hall–Kier alpha value is -1.00. The van der Waals surface area contributed by atoms with Crippen LogP contribution in [0.25, 0.3) is 0 Å². The van der Waals surface area contributed by atoms with Crippen molar-refractivity contribution in [3.8, 4) is 0 Å². The van der Waals surface area contributed by atoms with Crippen LogP contribution in [-0.4, -0.2) is 24.0 Å². The van der Waals surface area contributed by atoms with Gasteiger partial charge in [-0.25, -0.2) is 8.78 Å². The molecule has 1 heterocycles. The van der Waals surface area contributed by atoms with Crippen molar-refractivity contribution in [3.63, 3.8) is 0 Å². The molecule has 2 nitrogen and oxygen atoms in total. The van der Waals surface area contributed by atoms with E-state index >= 15 is 0 Å². The standard InChI is InChI=1S/C15H22F2N2/c1-10(11-4-5-12(16)13(17)8-11)19-7-6-14(18)15(2,3)9-19/h4-5,8,10,14H,6-7,9,18H2,1-3H3. The molecule has 2 N–H and O–H groups in total. The summed E-state index contributed by atoms with van der Waals surface area (Å²) in [7, 11) is 0. The van der Waals surface area contributed by atoms with E-state index < -0.39 is 11.6 Å². The summed E-state index contributed by atoms with van der Waals surface area (Å²) in [6, 6.07) is 4.41. The molecule has 0 radical (unpaired) electrons. The van der Waals surface area contributed by atoms with Gasteiger partial charge in [0.25, 0.3) is 0 Å². The molecule has 1 aromatic carbocycles. The monoisotopic (exact) mass is 268 g/mol. The van der Waals surface area contributed by atoms with Crippen molar-refractivity contribution < 1.29 is 8.78 Å². The molecule has 2 atom stereocenters. The maximum atomic E-state index is 13.3. The summed E-state index contributed by atoms with van der Waals surface area (Å²) in [4.78, 5) is 2.29. The van der Waals surface area contributed by atoms with Gasteiger partial charge in [0.05, 0.1) is 0 Å². The molecule has 4 heteroatoms. The number of halogens is 2. The lowest BCUT2D eigenvalue weighted by atomic mass is 9.79. The fraction of sp³-hybridized carbons (Fsp3) is 0.600. The van der Waals surface area contributed by atoms with Gasteiger partial charge in [-0.1, -0.05) is 19.9 Å². The average molecular weight is 268 g/mol. The van der Waals surface area contributed by atoms with Gasteiger partial charge >= 0.3 is 0 Å². The van der Waals surface area contributed by atoms with Gasteiger partial charge in [-0.3, -0.25) is 4.90 Å². The molecule has 0 spiro atoms. The Labute approximate surface area is 113 Å². The summed E-state index contributed by atoms with van der Waals surface area (Å²) in [5, 5.41) is 0. The highest BCUT2D eigenvalue weighted by atomic mass is 19.2. The second-order valence-corrected chi connectivity index (χ2v) is 6.20. The Bertz CT molecular complexity index is 459. The van der Waals surface area contributed by atoms with Gasteiger partial charge < -0.3 is 5.73 Å². The van der Waals surface area contributed by atoms with E-state index in [9.17, 15) is 8.78 Å². The minimum absolute atomic E-state index is 0.0467. The van der Waals surface area contributed by atoms with Gasteiger partial charge in [0.15, 0.2) is 11.6 Å². The maximum Gasteiger partial charge on any atom is 0.159 e. The second-order valence-electron chi connectivity index (χ2n) is 6.20. The number of nitrogens with zero attached hydrogens (tertiary/aromatic N) is 1. The Balaban J connectivity index is 2.15. The van der Waals surface area contributed by atoms with E-state index in [2.05, 4.69) is 18.7 Å². The van der Waals surface area contributed by atoms with Crippen molar-refractivity contribution in [2.45, 2.75) is 39.3 Å². The first-order chi connectivity index (χ1) is 8.81. The fourth-order valence-electron chi connectivity index (χ4n) is 2.73. The van der Waals surface area contributed by atoms with E-state index in [0.29, 0.717) is 0 Å². The van der Waals surface area contributed by atoms with Crippen LogP contribution in [0.2, 0.25) is 0 Å². The molecule has 0 amide bonds. The van der Waals surface area contributed by atoms with E-state index in [1.165, 1.54) is 12.1 Å². The Morgan fingerprint density at radius 3 is 2.58 bits per heavy atom. The van der Waals surface area contributed by atoms with Crippen molar-refractivity contribution in [3.05, 3.63) is 35.4 Å². The van der Waals surface area contributed by atoms with Crippen LogP contribution < -0.4 is 5.73 Å². The minimum Gasteiger partial charge on any atom is -0.327 e. The quantitative estimate of drug-likeness (QED) is 0.893. The number of piperidine rings is 1. The molecule has 0 saturated carbocycles. The molecule has 2 rings (SSSR count). The highest BCUT2D eigenvalue weighted by molar-refractivity contribution is 5.21. The zero-order valence-electron chi connectivity index (χ0n) is 11.8. The predicted octanol–water partition coefficient (Wildman–Crippen LogP) is 3.09. The molecule has 1 aliphatic heterocycles. The normalized spacial score (nSPS) is 25.3. The number of rotatable bonds is 2. The zero-order chi connectivity index (χ0) is 14.2. The number of nitrogens with two attached hydrogens (primary N) is 1. The molecular formula is C15H22F2N2. The molecule has 1 aliphatic rings. The number of benzene rings is 1. The van der Waals surface area contributed by atoms with Crippen molar-refractivity contribution in [1.82, 2.24) is 4.90 Å². The van der Waals surface area contributed by atoms with Gasteiger partial charge in [0, 0.05) is 25.2 Å². The van der Waals surface area contributed by atoms with Gasteiger partial charge in [-0.05, 0) is 36.5 Å². The third-order valence-electron chi connectivity index (χ3n) is 4.32. The van der Waals surface area contributed by atoms with Crippen LogP contribution in [0.3, 0.4) is 0 Å². The van der Waals surface area contributed by atoms with Crippen LogP contribution in [0, 0.1) is 17.0 Å². The predicted molar refractivity (Wildman–Crippen MR) is 72.7 cm³/mol. The van der Waals surface area contributed by atoms with Crippen molar-refractivity contribution in [2.75, 3.05) is 13.1 Å². The van der Waals surface area contributed by atoms with Crippen LogP contribution in [0.5, 0.6) is 0 Å². The lowest BCUT2D eigenvalue weighted by molar-refractivity contribution is 0.0663. The Morgan fingerprint density at radius 1 is 1.32 bits per heavy atom. The van der Waals surface area contributed by atoms with Crippen LogP contribution in [0.4, 0.5) is 8.78 Å². The van der Waals surface area contributed by atoms with Crippen LogP contribution in [0.15, 0.2) is 18.2 Å². The summed E-state index contributed by atoms with van der Waals surface area (Å²) < 4.78 is 26.3. The number of hydrogen-bond acceptors (Lipinski definition) is 2. The molecule has 2 unspecified atom stereocenters. The molecular weight excluding hydrogens is 246 g/mol. The van der Waals surface area contributed by atoms with E-state index in [4.69, 9.17) is 5.73 Å². The number of likely N-dealkylation sites (tertiary alicyclic amines) is 1. The van der Waals surface area contributed by atoms with Crippen LogP contribution >= 0.6 is 0 Å². The van der Waals surface area contributed by atoms with Gasteiger partial charge in [-0.15, -0.1) is 0 Å². The number of hydrogen-bond donors (Lipinski definition) is 1. The van der Waals surface area contributed by atoms with Crippen LogP contribution in [0.1, 0.15) is 38.8 Å². The van der Waals surface area contributed by atoms with E-state index in [1.807, 2.05) is 6.92 Å². The summed E-state index contributed by atoms with van der Waals surface area (Å²) in [5.41, 5.74) is 6.98. The lowest BCUT2D eigenvalue weighted by Gasteiger charge is -2.45. The van der Waals surface area contributed by atoms with E-state index in [0.717, 1.165) is 25.1 Å².